The number of nitrogens with zero attached hydrogens (tertiary/aromatic N) is 3. The maximum atomic E-state index is 12.6. The molecule has 2 heterocycles. The van der Waals surface area contributed by atoms with Crippen LogP contribution in [0.1, 0.15) is 104 Å². The Morgan fingerprint density at radius 2 is 1.39 bits per heavy atom. The average molecular weight is 453 g/mol. The molecule has 0 saturated carbocycles. The van der Waals surface area contributed by atoms with Crippen LogP contribution in [0, 0.1) is 0 Å². The molecule has 0 aromatic rings. The zero-order valence-electron chi connectivity index (χ0n) is 20.0. The molecule has 31 heavy (non-hydrogen) atoms. The quantitative estimate of drug-likeness (QED) is 0.302. The summed E-state index contributed by atoms with van der Waals surface area (Å²) < 4.78 is 0. The van der Waals surface area contributed by atoms with Gasteiger partial charge in [0.1, 0.15) is 0 Å². The van der Waals surface area contributed by atoms with Crippen molar-refractivity contribution in [3.8, 4) is 0 Å². The Morgan fingerprint density at radius 3 is 2.00 bits per heavy atom. The van der Waals surface area contributed by atoms with Crippen LogP contribution in [0.15, 0.2) is 4.99 Å². The van der Waals surface area contributed by atoms with E-state index in [1.54, 1.807) is 23.7 Å². The first-order valence-electron chi connectivity index (χ1n) is 12.6. The Labute approximate surface area is 194 Å². The van der Waals surface area contributed by atoms with E-state index in [2.05, 4.69) is 24.1 Å². The number of hydrogen-bond acceptors (Lipinski definition) is 5. The summed E-state index contributed by atoms with van der Waals surface area (Å²) >= 11 is 1.76. The SMILES string of the molecule is CCCCCCCCCSC1=NC2C(C(=O)NC(=O)N2C)N1CCCCCCCCC. The van der Waals surface area contributed by atoms with Crippen molar-refractivity contribution in [1.82, 2.24) is 15.1 Å². The third kappa shape index (κ3) is 8.32. The average Bonchev–Trinajstić information content (AvgIpc) is 3.12. The fourth-order valence-corrected chi connectivity index (χ4v) is 5.40. The molecule has 2 aliphatic rings. The van der Waals surface area contributed by atoms with E-state index in [0.29, 0.717) is 0 Å². The molecule has 0 spiro atoms. The highest BCUT2D eigenvalue weighted by Gasteiger charge is 2.48. The number of amides is 3. The molecule has 2 atom stereocenters. The molecule has 0 bridgehead atoms. The van der Waals surface area contributed by atoms with Gasteiger partial charge in [0, 0.05) is 19.3 Å². The van der Waals surface area contributed by atoms with Gasteiger partial charge in [0.15, 0.2) is 17.4 Å². The van der Waals surface area contributed by atoms with Crippen LogP contribution in [-0.4, -0.2) is 58.5 Å². The number of likely N-dealkylation sites (N-methyl/N-ethyl adjacent to an activating group) is 1. The number of aliphatic imine (C=N–C) groups is 1. The molecular weight excluding hydrogens is 408 g/mol. The normalized spacial score (nSPS) is 20.8. The van der Waals surface area contributed by atoms with E-state index in [1.165, 1.54) is 83.5 Å². The van der Waals surface area contributed by atoms with Gasteiger partial charge in [0.25, 0.3) is 5.91 Å². The first-order chi connectivity index (χ1) is 15.1. The molecule has 0 aliphatic carbocycles. The number of fused-ring (bicyclic) bond motifs is 1. The van der Waals surface area contributed by atoms with E-state index in [4.69, 9.17) is 4.99 Å². The number of nitrogens with one attached hydrogen (secondary N) is 1. The molecule has 178 valence electrons. The van der Waals surface area contributed by atoms with Crippen molar-refractivity contribution in [2.75, 3.05) is 19.3 Å². The van der Waals surface area contributed by atoms with Gasteiger partial charge in [-0.05, 0) is 12.8 Å². The third-order valence-corrected chi connectivity index (χ3v) is 7.40. The second-order valence-electron chi connectivity index (χ2n) is 8.96. The predicted molar refractivity (Wildman–Crippen MR) is 131 cm³/mol. The van der Waals surface area contributed by atoms with Gasteiger partial charge in [-0.1, -0.05) is 103 Å². The van der Waals surface area contributed by atoms with Crippen molar-refractivity contribution in [1.29, 1.82) is 0 Å². The Kier molecular flexibility index (Phi) is 12.4. The number of hydrogen-bond donors (Lipinski definition) is 1. The van der Waals surface area contributed by atoms with Gasteiger partial charge >= 0.3 is 6.03 Å². The molecule has 7 heteroatoms. The lowest BCUT2D eigenvalue weighted by Crippen LogP contribution is -2.63. The van der Waals surface area contributed by atoms with Gasteiger partial charge < -0.3 is 9.80 Å². The van der Waals surface area contributed by atoms with Crippen molar-refractivity contribution in [2.45, 2.75) is 116 Å². The van der Waals surface area contributed by atoms with Crippen LogP contribution in [0.5, 0.6) is 0 Å². The number of carbonyl (C=O) groups is 2. The number of rotatable bonds is 16. The van der Waals surface area contributed by atoms with Crippen LogP contribution in [-0.2, 0) is 4.79 Å². The summed E-state index contributed by atoms with van der Waals surface area (Å²) in [5.41, 5.74) is 0. The highest BCUT2D eigenvalue weighted by Crippen LogP contribution is 2.29. The van der Waals surface area contributed by atoms with Crippen LogP contribution in [0.2, 0.25) is 0 Å². The minimum atomic E-state index is -0.387. The molecule has 6 nitrogen and oxygen atoms in total. The van der Waals surface area contributed by atoms with Gasteiger partial charge in [-0.25, -0.2) is 9.79 Å². The predicted octanol–water partition coefficient (Wildman–Crippen LogP) is 5.77. The van der Waals surface area contributed by atoms with E-state index < -0.39 is 0 Å². The van der Waals surface area contributed by atoms with Gasteiger partial charge in [-0.3, -0.25) is 10.1 Å². The summed E-state index contributed by atoms with van der Waals surface area (Å²) in [6.45, 7) is 5.33. The summed E-state index contributed by atoms with van der Waals surface area (Å²) in [4.78, 5) is 33.2. The molecule has 0 aromatic carbocycles. The lowest BCUT2D eigenvalue weighted by molar-refractivity contribution is -0.127. The first kappa shape index (κ1) is 26.0. The number of carbonyl (C=O) groups excluding carboxylic acids is 2. The molecule has 1 saturated heterocycles. The van der Waals surface area contributed by atoms with Gasteiger partial charge in [-0.2, -0.15) is 0 Å². The van der Waals surface area contributed by atoms with Gasteiger partial charge in [0.2, 0.25) is 0 Å². The van der Waals surface area contributed by atoms with Crippen LogP contribution < -0.4 is 5.32 Å². The first-order valence-corrected chi connectivity index (χ1v) is 13.6. The number of thioether (sulfide) groups is 1. The molecule has 2 aliphatic heterocycles. The lowest BCUT2D eigenvalue weighted by atomic mass is 10.1. The van der Waals surface area contributed by atoms with E-state index in [-0.39, 0.29) is 24.1 Å². The van der Waals surface area contributed by atoms with Crippen LogP contribution in [0.25, 0.3) is 0 Å². The maximum absolute atomic E-state index is 12.6. The number of urea groups is 1. The molecule has 2 rings (SSSR count). The zero-order chi connectivity index (χ0) is 22.5. The molecule has 3 amide bonds. The highest BCUT2D eigenvalue weighted by atomic mass is 32.2. The Hall–Kier alpha value is -1.24. The number of amidine groups is 1. The smallest absolute Gasteiger partial charge is 0.325 e. The van der Waals surface area contributed by atoms with Crippen molar-refractivity contribution in [3.63, 3.8) is 0 Å². The van der Waals surface area contributed by atoms with E-state index in [0.717, 1.165) is 23.9 Å². The molecule has 0 radical (unpaired) electrons. The maximum Gasteiger partial charge on any atom is 0.325 e. The lowest BCUT2D eigenvalue weighted by Gasteiger charge is -2.36. The van der Waals surface area contributed by atoms with Crippen LogP contribution >= 0.6 is 11.8 Å². The van der Waals surface area contributed by atoms with Crippen LogP contribution in [0.4, 0.5) is 4.79 Å². The Morgan fingerprint density at radius 1 is 0.839 bits per heavy atom. The fraction of sp³-hybridized carbons (Fsp3) is 0.875. The minimum Gasteiger partial charge on any atom is -0.336 e. The summed E-state index contributed by atoms with van der Waals surface area (Å²) in [5, 5.41) is 3.45. The van der Waals surface area contributed by atoms with Crippen molar-refractivity contribution in [2.24, 2.45) is 4.99 Å². The van der Waals surface area contributed by atoms with Gasteiger partial charge in [-0.15, -0.1) is 0 Å². The summed E-state index contributed by atoms with van der Waals surface area (Å²) in [6.07, 6.45) is 17.4. The largest absolute Gasteiger partial charge is 0.336 e. The van der Waals surface area contributed by atoms with E-state index in [9.17, 15) is 9.59 Å². The van der Waals surface area contributed by atoms with Gasteiger partial charge in [0.05, 0.1) is 0 Å². The molecule has 1 fully saturated rings. The monoisotopic (exact) mass is 452 g/mol. The Bertz CT molecular complexity index is 584. The summed E-state index contributed by atoms with van der Waals surface area (Å²) in [5.74, 6) is 0.824. The molecule has 1 N–H and O–H groups in total. The van der Waals surface area contributed by atoms with Crippen molar-refractivity contribution >= 4 is 28.9 Å². The molecule has 2 unspecified atom stereocenters. The second kappa shape index (κ2) is 14.8. The highest BCUT2D eigenvalue weighted by molar-refractivity contribution is 8.13. The fourth-order valence-electron chi connectivity index (χ4n) is 4.32. The third-order valence-electron chi connectivity index (χ3n) is 6.30. The number of imide groups is 1. The van der Waals surface area contributed by atoms with Crippen LogP contribution in [0.3, 0.4) is 0 Å². The topological polar surface area (TPSA) is 65.0 Å². The molecule has 0 aromatic heterocycles. The van der Waals surface area contributed by atoms with Crippen molar-refractivity contribution in [3.05, 3.63) is 0 Å². The Balaban J connectivity index is 1.82. The zero-order valence-corrected chi connectivity index (χ0v) is 20.9. The minimum absolute atomic E-state index is 0.202. The standard InChI is InChI=1S/C24H44N4O2S/c1-4-6-8-10-12-14-16-18-28-20-21(27(3)23(30)26-22(20)29)25-24(28)31-19-17-15-13-11-9-7-5-2/h20-21H,4-19H2,1-3H3,(H,26,29,30). The van der Waals surface area contributed by atoms with Crippen molar-refractivity contribution < 1.29 is 9.59 Å². The number of unbranched alkanes of at least 4 members (excludes halogenated alkanes) is 12. The summed E-state index contributed by atoms with van der Waals surface area (Å²) in [7, 11) is 1.73. The second-order valence-corrected chi connectivity index (χ2v) is 10.0. The van der Waals surface area contributed by atoms with E-state index >= 15 is 0 Å². The summed E-state index contributed by atoms with van der Waals surface area (Å²) in [6, 6.07) is -0.719. The molecular formula is C24H44N4O2S. The van der Waals surface area contributed by atoms with E-state index in [1.807, 2.05) is 0 Å².